The van der Waals surface area contributed by atoms with Gasteiger partial charge in [0.15, 0.2) is 0 Å². The lowest BCUT2D eigenvalue weighted by Gasteiger charge is -2.20. The highest BCUT2D eigenvalue weighted by Gasteiger charge is 2.27. The Hall–Kier alpha value is -2.07. The van der Waals surface area contributed by atoms with Gasteiger partial charge in [0, 0.05) is 13.0 Å². The molecule has 50 heavy (non-hydrogen) atoms. The Morgan fingerprint density at radius 1 is 0.660 bits per heavy atom. The fourth-order valence-corrected chi connectivity index (χ4v) is 5.63. The second kappa shape index (κ2) is 35.3. The average molecular weight is 728 g/mol. The van der Waals surface area contributed by atoms with E-state index in [9.17, 15) is 19.0 Å². The predicted molar refractivity (Wildman–Crippen MR) is 203 cm³/mol. The van der Waals surface area contributed by atoms with Gasteiger partial charge in [0.1, 0.15) is 12.1 Å². The molecular weight excluding hydrogens is 657 g/mol. The van der Waals surface area contributed by atoms with Gasteiger partial charge in [-0.05, 0) is 64.2 Å². The highest BCUT2D eigenvalue weighted by Crippen LogP contribution is 2.43. The summed E-state index contributed by atoms with van der Waals surface area (Å²) in [7, 11) is -4.61. The number of carbonyl (C=O) groups excluding carboxylic acids is 1. The van der Waals surface area contributed by atoms with Crippen molar-refractivity contribution < 1.29 is 42.7 Å². The van der Waals surface area contributed by atoms with Crippen molar-refractivity contribution in [3.05, 3.63) is 48.6 Å². The number of allylic oxidation sites excluding steroid dienone is 8. The minimum atomic E-state index is -4.61. The molecule has 0 radical (unpaired) electrons. The molecule has 4 N–H and O–H groups in total. The van der Waals surface area contributed by atoms with Gasteiger partial charge in [0.05, 0.1) is 19.8 Å². The van der Waals surface area contributed by atoms with Crippen LogP contribution in [0.15, 0.2) is 48.6 Å². The Bertz CT molecular complexity index is 983. The number of carbonyl (C=O) groups is 2. The summed E-state index contributed by atoms with van der Waals surface area (Å²) in [6.45, 7) is 3.66. The number of carboxylic acids is 1. The standard InChI is InChI=1S/C39H70NO9P/c1-3-5-7-9-11-13-15-16-17-18-19-20-21-23-25-27-29-31-38(41)49-36(34-47-50(44,45)48-35-37(40)39(42)43)33-46-32-30-28-26-24-22-14-12-10-8-6-4-2/h5,7-8,10-11,13,16-17,36-37H,3-4,6,9,12,14-15,18-35,40H2,1-2H3,(H,42,43)(H,44,45)/b7-5-,10-8-,13-11-,17-16-. The first-order valence-corrected chi connectivity index (χ1v) is 20.7. The molecule has 290 valence electrons. The number of hydrogen-bond donors (Lipinski definition) is 3. The second-order valence-electron chi connectivity index (χ2n) is 12.7. The summed E-state index contributed by atoms with van der Waals surface area (Å²) in [6, 6.07) is -1.48. The summed E-state index contributed by atoms with van der Waals surface area (Å²) >= 11 is 0. The summed E-state index contributed by atoms with van der Waals surface area (Å²) in [5.74, 6) is -1.80. The third-order valence-electron chi connectivity index (χ3n) is 7.82. The molecule has 0 amide bonds. The van der Waals surface area contributed by atoms with Crippen molar-refractivity contribution in [2.45, 2.75) is 161 Å². The van der Waals surface area contributed by atoms with E-state index in [-0.39, 0.29) is 13.0 Å². The van der Waals surface area contributed by atoms with Crippen LogP contribution in [-0.2, 0) is 32.7 Å². The number of phosphoric acid groups is 1. The van der Waals surface area contributed by atoms with Gasteiger partial charge in [-0.3, -0.25) is 18.6 Å². The lowest BCUT2D eigenvalue weighted by Crippen LogP contribution is -2.34. The smallest absolute Gasteiger partial charge is 0.472 e. The Morgan fingerprint density at radius 2 is 1.16 bits per heavy atom. The number of hydrogen-bond acceptors (Lipinski definition) is 8. The number of esters is 1. The van der Waals surface area contributed by atoms with Crippen molar-refractivity contribution in [3.8, 4) is 0 Å². The van der Waals surface area contributed by atoms with E-state index in [1.807, 2.05) is 0 Å². The van der Waals surface area contributed by atoms with E-state index in [0.29, 0.717) is 13.0 Å². The first kappa shape index (κ1) is 47.9. The van der Waals surface area contributed by atoms with E-state index in [1.165, 1.54) is 44.9 Å². The van der Waals surface area contributed by atoms with Gasteiger partial charge in [-0.15, -0.1) is 0 Å². The van der Waals surface area contributed by atoms with Crippen molar-refractivity contribution >= 4 is 19.8 Å². The third-order valence-corrected chi connectivity index (χ3v) is 8.77. The number of phosphoric ester groups is 1. The van der Waals surface area contributed by atoms with Crippen molar-refractivity contribution in [2.75, 3.05) is 26.4 Å². The van der Waals surface area contributed by atoms with E-state index in [0.717, 1.165) is 77.0 Å². The van der Waals surface area contributed by atoms with E-state index in [4.69, 9.17) is 24.8 Å². The van der Waals surface area contributed by atoms with Crippen molar-refractivity contribution in [2.24, 2.45) is 5.73 Å². The summed E-state index contributed by atoms with van der Waals surface area (Å²) in [6.07, 6.45) is 38.8. The van der Waals surface area contributed by atoms with Crippen LogP contribution in [0.4, 0.5) is 0 Å². The van der Waals surface area contributed by atoms with Crippen LogP contribution in [0.3, 0.4) is 0 Å². The largest absolute Gasteiger partial charge is 0.480 e. The molecule has 10 nitrogen and oxygen atoms in total. The summed E-state index contributed by atoms with van der Waals surface area (Å²) < 4.78 is 33.2. The summed E-state index contributed by atoms with van der Waals surface area (Å²) in [5.41, 5.74) is 5.33. The Kier molecular flexibility index (Phi) is 33.9. The maximum Gasteiger partial charge on any atom is 0.472 e. The maximum absolute atomic E-state index is 12.6. The monoisotopic (exact) mass is 727 g/mol. The molecule has 0 fully saturated rings. The maximum atomic E-state index is 12.6. The van der Waals surface area contributed by atoms with Gasteiger partial charge in [-0.25, -0.2) is 4.57 Å². The fourth-order valence-electron chi connectivity index (χ4n) is 4.85. The van der Waals surface area contributed by atoms with E-state index in [1.54, 1.807) is 0 Å². The van der Waals surface area contributed by atoms with Crippen LogP contribution in [0.5, 0.6) is 0 Å². The van der Waals surface area contributed by atoms with Crippen LogP contribution in [0.1, 0.15) is 149 Å². The molecular formula is C39H70NO9P. The molecule has 3 atom stereocenters. The third kappa shape index (κ3) is 34.4. The minimum Gasteiger partial charge on any atom is -0.480 e. The number of rotatable bonds is 36. The molecule has 0 rings (SSSR count). The Morgan fingerprint density at radius 3 is 1.76 bits per heavy atom. The zero-order valence-corrected chi connectivity index (χ0v) is 32.1. The molecule has 0 aliphatic rings. The lowest BCUT2D eigenvalue weighted by atomic mass is 10.1. The van der Waals surface area contributed by atoms with Gasteiger partial charge >= 0.3 is 19.8 Å². The summed E-state index contributed by atoms with van der Waals surface area (Å²) in [4.78, 5) is 33.4. The molecule has 0 heterocycles. The van der Waals surface area contributed by atoms with Crippen LogP contribution >= 0.6 is 7.82 Å². The van der Waals surface area contributed by atoms with Crippen LogP contribution in [0.25, 0.3) is 0 Å². The molecule has 0 bridgehead atoms. The first-order valence-electron chi connectivity index (χ1n) is 19.2. The van der Waals surface area contributed by atoms with Crippen LogP contribution in [0, 0.1) is 0 Å². The molecule has 0 saturated heterocycles. The van der Waals surface area contributed by atoms with Crippen molar-refractivity contribution in [1.29, 1.82) is 0 Å². The molecule has 0 aliphatic heterocycles. The zero-order chi connectivity index (χ0) is 37.0. The lowest BCUT2D eigenvalue weighted by molar-refractivity contribution is -0.154. The van der Waals surface area contributed by atoms with E-state index >= 15 is 0 Å². The van der Waals surface area contributed by atoms with Gasteiger partial charge in [-0.1, -0.05) is 127 Å². The number of ether oxygens (including phenoxy) is 2. The molecule has 0 aromatic rings. The number of carboxylic acid groups (broad SMARTS) is 1. The van der Waals surface area contributed by atoms with Gasteiger partial charge < -0.3 is 25.2 Å². The molecule has 0 aromatic heterocycles. The first-order chi connectivity index (χ1) is 24.2. The number of nitrogens with two attached hydrogens (primary N) is 1. The van der Waals surface area contributed by atoms with Gasteiger partial charge in [-0.2, -0.15) is 0 Å². The number of aliphatic carboxylic acids is 1. The minimum absolute atomic E-state index is 0.00695. The SMILES string of the molecule is CC/C=C\C/C=C\C/C=C\CCCCCCCCCC(=O)OC(COCCCCCCCC/C=C\CCC)COP(=O)(O)OCC(N)C(=O)O. The Labute approximate surface area is 303 Å². The molecule has 3 unspecified atom stereocenters. The second-order valence-corrected chi connectivity index (χ2v) is 14.1. The molecule has 0 aliphatic carbocycles. The molecule has 0 aromatic carbocycles. The fraction of sp³-hybridized carbons (Fsp3) is 0.744. The van der Waals surface area contributed by atoms with E-state index in [2.05, 4.69) is 67.0 Å². The molecule has 11 heteroatoms. The quantitative estimate of drug-likeness (QED) is 0.0246. The van der Waals surface area contributed by atoms with Crippen LogP contribution in [-0.4, -0.2) is 60.5 Å². The van der Waals surface area contributed by atoms with Gasteiger partial charge in [0.2, 0.25) is 0 Å². The highest BCUT2D eigenvalue weighted by atomic mass is 31.2. The van der Waals surface area contributed by atoms with Crippen LogP contribution < -0.4 is 5.73 Å². The van der Waals surface area contributed by atoms with E-state index < -0.39 is 45.1 Å². The van der Waals surface area contributed by atoms with Crippen LogP contribution in [0.2, 0.25) is 0 Å². The van der Waals surface area contributed by atoms with Crippen molar-refractivity contribution in [3.63, 3.8) is 0 Å². The topological polar surface area (TPSA) is 155 Å². The molecule has 0 spiro atoms. The average Bonchev–Trinajstić information content (AvgIpc) is 3.09. The van der Waals surface area contributed by atoms with Gasteiger partial charge in [0.25, 0.3) is 0 Å². The Balaban J connectivity index is 4.31. The molecule has 0 saturated carbocycles. The van der Waals surface area contributed by atoms with Crippen molar-refractivity contribution in [1.82, 2.24) is 0 Å². The highest BCUT2D eigenvalue weighted by molar-refractivity contribution is 7.47. The normalized spacial score (nSPS) is 14.6. The zero-order valence-electron chi connectivity index (χ0n) is 31.2. The summed E-state index contributed by atoms with van der Waals surface area (Å²) in [5, 5.41) is 8.86. The predicted octanol–water partition coefficient (Wildman–Crippen LogP) is 9.92. The number of unbranched alkanes of at least 4 members (excludes halogenated alkanes) is 14.